The van der Waals surface area contributed by atoms with Crippen LogP contribution in [0.5, 0.6) is 5.88 Å². The highest BCUT2D eigenvalue weighted by molar-refractivity contribution is 5.94. The predicted molar refractivity (Wildman–Crippen MR) is 126 cm³/mol. The van der Waals surface area contributed by atoms with Crippen LogP contribution in [0.1, 0.15) is 37.3 Å². The fourth-order valence-corrected chi connectivity index (χ4v) is 4.80. The SMILES string of the molecule is Cc1cc(F)cc(C)c1-c1ccnc2nc(OC(C)C(=O)N3CCC[C@H](CC(=O)O)C3)ccc12. The molecule has 1 N–H and O–H groups in total. The number of nitrogens with zero attached hydrogens (tertiary/aromatic N) is 3. The summed E-state index contributed by atoms with van der Waals surface area (Å²) in [6, 6.07) is 8.45. The van der Waals surface area contributed by atoms with Crippen molar-refractivity contribution in [3.05, 3.63) is 53.5 Å². The van der Waals surface area contributed by atoms with Gasteiger partial charge in [-0.05, 0) is 86.1 Å². The molecule has 1 amide bonds. The average Bonchev–Trinajstić information content (AvgIpc) is 2.77. The second-order valence-electron chi connectivity index (χ2n) is 8.94. The fraction of sp³-hybridized carbons (Fsp3) is 0.385. The van der Waals surface area contributed by atoms with E-state index in [4.69, 9.17) is 9.84 Å². The molecule has 4 rings (SSSR count). The van der Waals surface area contributed by atoms with Gasteiger partial charge in [0.2, 0.25) is 5.88 Å². The topological polar surface area (TPSA) is 92.6 Å². The van der Waals surface area contributed by atoms with Gasteiger partial charge in [0, 0.05) is 37.2 Å². The molecule has 1 unspecified atom stereocenters. The minimum atomic E-state index is -0.846. The first-order valence-electron chi connectivity index (χ1n) is 11.4. The molecule has 3 heterocycles. The van der Waals surface area contributed by atoms with E-state index in [2.05, 4.69) is 9.97 Å². The average molecular weight is 466 g/mol. The van der Waals surface area contributed by atoms with Gasteiger partial charge in [-0.15, -0.1) is 0 Å². The van der Waals surface area contributed by atoms with Gasteiger partial charge < -0.3 is 14.7 Å². The van der Waals surface area contributed by atoms with Crippen LogP contribution in [0, 0.1) is 25.6 Å². The minimum absolute atomic E-state index is 0.0396. The van der Waals surface area contributed by atoms with Crippen LogP contribution < -0.4 is 4.74 Å². The van der Waals surface area contributed by atoms with E-state index < -0.39 is 12.1 Å². The third-order valence-corrected chi connectivity index (χ3v) is 6.28. The van der Waals surface area contributed by atoms with E-state index in [1.54, 1.807) is 24.1 Å². The molecule has 1 aliphatic heterocycles. The number of aliphatic carboxylic acids is 1. The number of fused-ring (bicyclic) bond motifs is 1. The summed E-state index contributed by atoms with van der Waals surface area (Å²) >= 11 is 0. The number of carbonyl (C=O) groups excluding carboxylic acids is 1. The summed E-state index contributed by atoms with van der Waals surface area (Å²) < 4.78 is 19.6. The van der Waals surface area contributed by atoms with Gasteiger partial charge in [0.25, 0.3) is 5.91 Å². The van der Waals surface area contributed by atoms with Gasteiger partial charge in [0.1, 0.15) is 5.82 Å². The zero-order chi connectivity index (χ0) is 24.4. The quantitative estimate of drug-likeness (QED) is 0.575. The molecule has 2 atom stereocenters. The van der Waals surface area contributed by atoms with Gasteiger partial charge in [0.15, 0.2) is 11.8 Å². The summed E-state index contributed by atoms with van der Waals surface area (Å²) in [7, 11) is 0. The lowest BCUT2D eigenvalue weighted by molar-refractivity contribution is -0.143. The maximum atomic E-state index is 13.8. The Labute approximate surface area is 197 Å². The fourth-order valence-electron chi connectivity index (χ4n) is 4.80. The number of hydrogen-bond acceptors (Lipinski definition) is 5. The van der Waals surface area contributed by atoms with Crippen LogP contribution in [-0.2, 0) is 9.59 Å². The third-order valence-electron chi connectivity index (χ3n) is 6.28. The molecule has 1 saturated heterocycles. The van der Waals surface area contributed by atoms with E-state index in [0.717, 1.165) is 40.5 Å². The summed E-state index contributed by atoms with van der Waals surface area (Å²) in [4.78, 5) is 34.5. The van der Waals surface area contributed by atoms with Gasteiger partial charge in [-0.3, -0.25) is 9.59 Å². The maximum Gasteiger partial charge on any atom is 0.303 e. The highest BCUT2D eigenvalue weighted by Gasteiger charge is 2.29. The molecule has 3 aromatic rings. The maximum absolute atomic E-state index is 13.8. The van der Waals surface area contributed by atoms with E-state index in [1.165, 1.54) is 12.1 Å². The van der Waals surface area contributed by atoms with Crippen molar-refractivity contribution in [3.8, 4) is 17.0 Å². The minimum Gasteiger partial charge on any atom is -0.481 e. The van der Waals surface area contributed by atoms with Crippen molar-refractivity contribution in [1.82, 2.24) is 14.9 Å². The number of hydrogen-bond donors (Lipinski definition) is 1. The molecule has 1 aliphatic rings. The van der Waals surface area contributed by atoms with E-state index in [0.29, 0.717) is 18.7 Å². The highest BCUT2D eigenvalue weighted by atomic mass is 19.1. The highest BCUT2D eigenvalue weighted by Crippen LogP contribution is 2.33. The van der Waals surface area contributed by atoms with Crippen LogP contribution in [0.25, 0.3) is 22.2 Å². The van der Waals surface area contributed by atoms with Crippen molar-refractivity contribution in [3.63, 3.8) is 0 Å². The second-order valence-corrected chi connectivity index (χ2v) is 8.94. The number of rotatable bonds is 6. The Hall–Kier alpha value is -3.55. The Morgan fingerprint density at radius 2 is 1.97 bits per heavy atom. The van der Waals surface area contributed by atoms with Crippen molar-refractivity contribution in [2.75, 3.05) is 13.1 Å². The summed E-state index contributed by atoms with van der Waals surface area (Å²) in [6.07, 6.45) is 2.53. The summed E-state index contributed by atoms with van der Waals surface area (Å²) in [5.41, 5.74) is 3.96. The van der Waals surface area contributed by atoms with Crippen LogP contribution >= 0.6 is 0 Å². The number of carboxylic acids is 1. The van der Waals surface area contributed by atoms with Crippen LogP contribution in [0.15, 0.2) is 36.5 Å². The number of likely N-dealkylation sites (tertiary alicyclic amines) is 1. The Morgan fingerprint density at radius 1 is 1.24 bits per heavy atom. The van der Waals surface area contributed by atoms with Crippen molar-refractivity contribution in [1.29, 1.82) is 0 Å². The monoisotopic (exact) mass is 465 g/mol. The normalized spacial score (nSPS) is 16.9. The van der Waals surface area contributed by atoms with Crippen LogP contribution in [0.4, 0.5) is 4.39 Å². The molecule has 0 spiro atoms. The number of carboxylic acid groups (broad SMARTS) is 1. The number of piperidine rings is 1. The molecular weight excluding hydrogens is 437 g/mol. The van der Waals surface area contributed by atoms with Gasteiger partial charge >= 0.3 is 5.97 Å². The molecule has 2 aromatic heterocycles. The lowest BCUT2D eigenvalue weighted by Gasteiger charge is -2.33. The number of pyridine rings is 2. The van der Waals surface area contributed by atoms with E-state index in [9.17, 15) is 14.0 Å². The standard InChI is InChI=1S/C26H28FN3O4/c1-15-11-19(27)12-16(2)24(15)20-8-9-28-25-21(20)6-7-22(29-25)34-17(3)26(33)30-10-4-5-18(14-30)13-23(31)32/h6-9,11-12,17-18H,4-5,10,13-14H2,1-3H3,(H,31,32)/t17?,18-/m1/s1. The molecule has 34 heavy (non-hydrogen) atoms. The van der Waals surface area contributed by atoms with Crippen molar-refractivity contribution >= 4 is 22.9 Å². The van der Waals surface area contributed by atoms with Crippen LogP contribution in [0.3, 0.4) is 0 Å². The number of amides is 1. The number of benzene rings is 1. The predicted octanol–water partition coefficient (Wildman–Crippen LogP) is 4.53. The summed E-state index contributed by atoms with van der Waals surface area (Å²) in [5, 5.41) is 9.86. The number of ether oxygens (including phenoxy) is 1. The third kappa shape index (κ3) is 5.00. The lowest BCUT2D eigenvalue weighted by Crippen LogP contribution is -2.46. The van der Waals surface area contributed by atoms with Crippen molar-refractivity contribution in [2.45, 2.75) is 46.1 Å². The van der Waals surface area contributed by atoms with E-state index >= 15 is 0 Å². The number of halogens is 1. The van der Waals surface area contributed by atoms with Gasteiger partial charge in [-0.1, -0.05) is 0 Å². The van der Waals surface area contributed by atoms with E-state index in [-0.39, 0.29) is 29.9 Å². The smallest absolute Gasteiger partial charge is 0.303 e. The van der Waals surface area contributed by atoms with Gasteiger partial charge in [-0.25, -0.2) is 9.37 Å². The molecule has 178 valence electrons. The Kier molecular flexibility index (Phi) is 6.77. The molecule has 0 aliphatic carbocycles. The van der Waals surface area contributed by atoms with Crippen LogP contribution in [-0.4, -0.2) is 51.0 Å². The number of aryl methyl sites for hydroxylation is 2. The summed E-state index contributed by atoms with van der Waals surface area (Å²) in [6.45, 7) is 6.43. The van der Waals surface area contributed by atoms with Crippen LogP contribution in [0.2, 0.25) is 0 Å². The number of carbonyl (C=O) groups is 2. The molecule has 0 saturated carbocycles. The van der Waals surface area contributed by atoms with Crippen molar-refractivity contribution < 1.29 is 23.8 Å². The second kappa shape index (κ2) is 9.75. The Balaban J connectivity index is 1.54. The number of aromatic nitrogens is 2. The molecule has 7 nitrogen and oxygen atoms in total. The molecule has 0 bridgehead atoms. The van der Waals surface area contributed by atoms with Gasteiger partial charge in [0.05, 0.1) is 0 Å². The zero-order valence-electron chi connectivity index (χ0n) is 19.5. The van der Waals surface area contributed by atoms with Gasteiger partial charge in [-0.2, -0.15) is 4.98 Å². The Bertz CT molecular complexity index is 1220. The molecule has 1 fully saturated rings. The molecular formula is C26H28FN3O4. The largest absolute Gasteiger partial charge is 0.481 e. The lowest BCUT2D eigenvalue weighted by atomic mass is 9.94. The van der Waals surface area contributed by atoms with Crippen molar-refractivity contribution in [2.24, 2.45) is 5.92 Å². The summed E-state index contributed by atoms with van der Waals surface area (Å²) in [5.74, 6) is -1.06. The molecule has 8 heteroatoms. The zero-order valence-corrected chi connectivity index (χ0v) is 19.5. The Morgan fingerprint density at radius 3 is 2.68 bits per heavy atom. The molecule has 1 aromatic carbocycles. The first-order chi connectivity index (χ1) is 16.2. The van der Waals surface area contributed by atoms with E-state index in [1.807, 2.05) is 26.0 Å². The first kappa shape index (κ1) is 23.6. The molecule has 0 radical (unpaired) electrons. The first-order valence-corrected chi connectivity index (χ1v) is 11.4.